The Morgan fingerprint density at radius 3 is 2.50 bits per heavy atom. The summed E-state index contributed by atoms with van der Waals surface area (Å²) in [5.41, 5.74) is 8.19. The molecule has 0 bridgehead atoms. The summed E-state index contributed by atoms with van der Waals surface area (Å²) in [4.78, 5) is 0. The third-order valence-corrected chi connectivity index (χ3v) is 6.32. The third kappa shape index (κ3) is 3.39. The highest BCUT2D eigenvalue weighted by atomic mass is 35.5. The average molecular weight is 331 g/mol. The van der Waals surface area contributed by atoms with E-state index in [2.05, 4.69) is 4.72 Å². The lowest BCUT2D eigenvalue weighted by Crippen LogP contribution is -2.23. The quantitative estimate of drug-likeness (QED) is 0.885. The monoisotopic (exact) mass is 330 g/mol. The molecule has 0 amide bonds. The molecule has 2 rings (SSSR count). The van der Waals surface area contributed by atoms with Crippen LogP contribution in [-0.4, -0.2) is 8.42 Å². The normalized spacial score (nSPS) is 11.8. The van der Waals surface area contributed by atoms with Gasteiger partial charge in [0.2, 0.25) is 10.0 Å². The molecule has 3 N–H and O–H groups in total. The number of thiophene rings is 1. The summed E-state index contributed by atoms with van der Waals surface area (Å²) in [6.45, 7) is 2.37. The van der Waals surface area contributed by atoms with Crippen LogP contribution in [0.4, 0.5) is 0 Å². The van der Waals surface area contributed by atoms with E-state index < -0.39 is 10.0 Å². The lowest BCUT2D eigenvalue weighted by atomic mass is 10.1. The maximum Gasteiger partial charge on any atom is 0.250 e. The Morgan fingerprint density at radius 2 is 1.95 bits per heavy atom. The minimum atomic E-state index is -3.54. The Kier molecular flexibility index (Phi) is 4.82. The van der Waals surface area contributed by atoms with Gasteiger partial charge in [-0.2, -0.15) is 0 Å². The van der Waals surface area contributed by atoms with Crippen LogP contribution in [0.15, 0.2) is 34.5 Å². The molecule has 0 unspecified atom stereocenters. The maximum absolute atomic E-state index is 12.2. The Hall–Kier alpha value is -0.920. The molecule has 1 aromatic carbocycles. The molecule has 0 aliphatic carbocycles. The third-order valence-electron chi connectivity index (χ3n) is 2.89. The second kappa shape index (κ2) is 6.24. The molecular weight excluding hydrogens is 316 g/mol. The zero-order valence-corrected chi connectivity index (χ0v) is 13.3. The lowest BCUT2D eigenvalue weighted by Gasteiger charge is -2.08. The molecule has 7 heteroatoms. The van der Waals surface area contributed by atoms with Gasteiger partial charge in [0.25, 0.3) is 0 Å². The molecule has 0 aliphatic rings. The topological polar surface area (TPSA) is 72.2 Å². The van der Waals surface area contributed by atoms with E-state index in [1.807, 2.05) is 24.3 Å². The summed E-state index contributed by atoms with van der Waals surface area (Å²) in [6.07, 6.45) is 0. The van der Waals surface area contributed by atoms with E-state index in [1.54, 1.807) is 13.0 Å². The minimum absolute atomic E-state index is 0.213. The van der Waals surface area contributed by atoms with Gasteiger partial charge in [-0.1, -0.05) is 35.9 Å². The molecule has 4 nitrogen and oxygen atoms in total. The van der Waals surface area contributed by atoms with Gasteiger partial charge in [0.15, 0.2) is 0 Å². The van der Waals surface area contributed by atoms with E-state index in [1.165, 1.54) is 0 Å². The van der Waals surface area contributed by atoms with Gasteiger partial charge in [0.05, 0.1) is 4.34 Å². The van der Waals surface area contributed by atoms with Crippen molar-refractivity contribution in [3.05, 3.63) is 51.4 Å². The molecule has 0 aliphatic heterocycles. The highest BCUT2D eigenvalue weighted by Gasteiger charge is 2.18. The number of aryl methyl sites for hydroxylation is 1. The van der Waals surface area contributed by atoms with E-state index in [4.69, 9.17) is 17.3 Å². The molecule has 0 spiro atoms. The van der Waals surface area contributed by atoms with Crippen molar-refractivity contribution in [2.24, 2.45) is 5.73 Å². The molecule has 0 saturated carbocycles. The second-order valence-electron chi connectivity index (χ2n) is 4.32. The Morgan fingerprint density at radius 1 is 1.30 bits per heavy atom. The van der Waals surface area contributed by atoms with E-state index in [9.17, 15) is 8.42 Å². The summed E-state index contributed by atoms with van der Waals surface area (Å²) < 4.78 is 27.7. The molecule has 108 valence electrons. The van der Waals surface area contributed by atoms with Gasteiger partial charge >= 0.3 is 0 Å². The summed E-state index contributed by atoms with van der Waals surface area (Å²) in [6, 6.07) is 9.05. The first kappa shape index (κ1) is 15.5. The minimum Gasteiger partial charge on any atom is -0.326 e. The second-order valence-corrected chi connectivity index (χ2v) is 7.97. The first-order valence-electron chi connectivity index (χ1n) is 5.96. The number of hydrogen-bond donors (Lipinski definition) is 2. The molecule has 0 saturated heterocycles. The number of benzene rings is 1. The Bertz CT molecular complexity index is 691. The van der Waals surface area contributed by atoms with Gasteiger partial charge < -0.3 is 5.73 Å². The number of sulfonamides is 1. The van der Waals surface area contributed by atoms with Crippen molar-refractivity contribution in [3.8, 4) is 0 Å². The van der Waals surface area contributed by atoms with Gasteiger partial charge in [-0.05, 0) is 29.7 Å². The van der Waals surface area contributed by atoms with Crippen LogP contribution < -0.4 is 10.5 Å². The zero-order chi connectivity index (χ0) is 14.8. The molecule has 0 fully saturated rings. The SMILES string of the molecule is Cc1cc(S(=O)(=O)NCc2ccccc2CN)sc1Cl. The van der Waals surface area contributed by atoms with Crippen LogP contribution in [0.1, 0.15) is 16.7 Å². The zero-order valence-electron chi connectivity index (χ0n) is 10.9. The van der Waals surface area contributed by atoms with Crippen LogP contribution in [0.25, 0.3) is 0 Å². The summed E-state index contributed by atoms with van der Waals surface area (Å²) in [5, 5.41) is 0. The fraction of sp³-hybridized carbons (Fsp3) is 0.231. The smallest absolute Gasteiger partial charge is 0.250 e. The van der Waals surface area contributed by atoms with Crippen molar-refractivity contribution >= 4 is 33.0 Å². The van der Waals surface area contributed by atoms with Crippen LogP contribution in [-0.2, 0) is 23.1 Å². The first-order chi connectivity index (χ1) is 9.44. The van der Waals surface area contributed by atoms with Crippen molar-refractivity contribution in [1.29, 1.82) is 0 Å². The molecule has 1 aromatic heterocycles. The molecular formula is C13H15ClN2O2S2. The first-order valence-corrected chi connectivity index (χ1v) is 8.64. The molecule has 1 heterocycles. The van der Waals surface area contributed by atoms with Crippen LogP contribution in [0.3, 0.4) is 0 Å². The van der Waals surface area contributed by atoms with Crippen molar-refractivity contribution in [1.82, 2.24) is 4.72 Å². The highest BCUT2D eigenvalue weighted by molar-refractivity contribution is 7.91. The van der Waals surface area contributed by atoms with Crippen molar-refractivity contribution in [3.63, 3.8) is 0 Å². The number of hydrogen-bond acceptors (Lipinski definition) is 4. The summed E-state index contributed by atoms with van der Waals surface area (Å²) in [5.74, 6) is 0. The van der Waals surface area contributed by atoms with Crippen LogP contribution >= 0.6 is 22.9 Å². The van der Waals surface area contributed by atoms with E-state index in [0.717, 1.165) is 28.0 Å². The molecule has 2 aromatic rings. The summed E-state index contributed by atoms with van der Waals surface area (Å²) >= 11 is 6.97. The van der Waals surface area contributed by atoms with Crippen molar-refractivity contribution in [2.75, 3.05) is 0 Å². The van der Waals surface area contributed by atoms with E-state index in [0.29, 0.717) is 10.9 Å². The largest absolute Gasteiger partial charge is 0.326 e. The van der Waals surface area contributed by atoms with Crippen molar-refractivity contribution in [2.45, 2.75) is 24.2 Å². The summed E-state index contributed by atoms with van der Waals surface area (Å²) in [7, 11) is -3.54. The number of rotatable bonds is 5. The van der Waals surface area contributed by atoms with Gasteiger partial charge in [-0.15, -0.1) is 11.3 Å². The van der Waals surface area contributed by atoms with Gasteiger partial charge in [-0.25, -0.2) is 13.1 Å². The molecule has 20 heavy (non-hydrogen) atoms. The van der Waals surface area contributed by atoms with Crippen LogP contribution in [0, 0.1) is 6.92 Å². The van der Waals surface area contributed by atoms with Crippen LogP contribution in [0.2, 0.25) is 4.34 Å². The fourth-order valence-corrected chi connectivity index (χ4v) is 4.50. The predicted molar refractivity (Wildman–Crippen MR) is 82.4 cm³/mol. The Labute approximate surface area is 127 Å². The number of halogens is 1. The van der Waals surface area contributed by atoms with Crippen molar-refractivity contribution < 1.29 is 8.42 Å². The highest BCUT2D eigenvalue weighted by Crippen LogP contribution is 2.30. The van der Waals surface area contributed by atoms with Crippen LogP contribution in [0.5, 0.6) is 0 Å². The predicted octanol–water partition coefficient (Wildman–Crippen LogP) is 2.65. The van der Waals surface area contributed by atoms with E-state index in [-0.39, 0.29) is 10.8 Å². The standard InChI is InChI=1S/C13H15ClN2O2S2/c1-9-6-12(19-13(9)14)20(17,18)16-8-11-5-3-2-4-10(11)7-15/h2-6,16H,7-8,15H2,1H3. The van der Waals surface area contributed by atoms with E-state index >= 15 is 0 Å². The molecule has 0 atom stereocenters. The fourth-order valence-electron chi connectivity index (χ4n) is 1.74. The number of nitrogens with one attached hydrogen (secondary N) is 1. The van der Waals surface area contributed by atoms with Gasteiger partial charge in [0, 0.05) is 13.1 Å². The molecule has 0 radical (unpaired) electrons. The Balaban J connectivity index is 2.17. The number of nitrogens with two attached hydrogens (primary N) is 1. The average Bonchev–Trinajstić information content (AvgIpc) is 2.78. The lowest BCUT2D eigenvalue weighted by molar-refractivity contribution is 0.583. The van der Waals surface area contributed by atoms with Gasteiger partial charge in [0.1, 0.15) is 4.21 Å². The maximum atomic E-state index is 12.2. The van der Waals surface area contributed by atoms with Gasteiger partial charge in [-0.3, -0.25) is 0 Å².